The Labute approximate surface area is 172 Å². The molecular formula is C19H25F3N4O4. The first kappa shape index (κ1) is 23.6. The highest BCUT2D eigenvalue weighted by atomic mass is 19.4. The molecule has 2 rings (SSSR count). The Bertz CT molecular complexity index is 788. The van der Waals surface area contributed by atoms with Gasteiger partial charge >= 0.3 is 18.1 Å². The van der Waals surface area contributed by atoms with Crippen molar-refractivity contribution in [2.24, 2.45) is 0 Å². The quantitative estimate of drug-likeness (QED) is 0.576. The molecule has 0 aliphatic rings. The number of carbonyl (C=O) groups excluding carboxylic acids is 1. The van der Waals surface area contributed by atoms with E-state index in [4.69, 9.17) is 9.47 Å². The Morgan fingerprint density at radius 2 is 1.67 bits per heavy atom. The van der Waals surface area contributed by atoms with Crippen LogP contribution in [0.5, 0.6) is 0 Å². The minimum Gasteiger partial charge on any atom is -0.383 e. The summed E-state index contributed by atoms with van der Waals surface area (Å²) in [6.07, 6.45) is -4.69. The fourth-order valence-corrected chi connectivity index (χ4v) is 2.66. The largest absolute Gasteiger partial charge is 0.471 e. The van der Waals surface area contributed by atoms with Crippen molar-refractivity contribution in [2.75, 3.05) is 47.1 Å². The zero-order chi connectivity index (χ0) is 22.1. The van der Waals surface area contributed by atoms with Crippen LogP contribution >= 0.6 is 0 Å². The topological polar surface area (TPSA) is 80.9 Å². The molecule has 0 saturated heterocycles. The van der Waals surface area contributed by atoms with Gasteiger partial charge in [0.1, 0.15) is 0 Å². The summed E-state index contributed by atoms with van der Waals surface area (Å²) in [4.78, 5) is 19.6. The van der Waals surface area contributed by atoms with E-state index < -0.39 is 12.1 Å². The molecule has 1 aromatic heterocycles. The zero-order valence-electron chi connectivity index (χ0n) is 17.1. The summed E-state index contributed by atoms with van der Waals surface area (Å²) < 4.78 is 52.2. The van der Waals surface area contributed by atoms with Gasteiger partial charge in [-0.1, -0.05) is 29.4 Å². The summed E-state index contributed by atoms with van der Waals surface area (Å²) in [6.45, 7) is 4.39. The second-order valence-electron chi connectivity index (χ2n) is 6.39. The number of hydrogen-bond acceptors (Lipinski definition) is 6. The van der Waals surface area contributed by atoms with Gasteiger partial charge in [-0.25, -0.2) is 4.79 Å². The molecule has 0 saturated carbocycles. The van der Waals surface area contributed by atoms with Crippen molar-refractivity contribution in [1.29, 1.82) is 0 Å². The lowest BCUT2D eigenvalue weighted by molar-refractivity contribution is -0.159. The van der Waals surface area contributed by atoms with E-state index in [-0.39, 0.29) is 11.9 Å². The third kappa shape index (κ3) is 6.42. The summed E-state index contributed by atoms with van der Waals surface area (Å²) in [7, 11) is 3.14. The molecular weight excluding hydrogens is 405 g/mol. The van der Waals surface area contributed by atoms with Gasteiger partial charge in [-0.05, 0) is 12.5 Å². The molecule has 11 heteroatoms. The number of benzene rings is 1. The number of carbonyl (C=O) groups is 1. The highest BCUT2D eigenvalue weighted by molar-refractivity contribution is 5.74. The van der Waals surface area contributed by atoms with Gasteiger partial charge in [-0.2, -0.15) is 18.2 Å². The number of aromatic nitrogens is 2. The molecule has 166 valence electrons. The fourth-order valence-electron chi connectivity index (χ4n) is 2.66. The Morgan fingerprint density at radius 3 is 2.13 bits per heavy atom. The molecule has 30 heavy (non-hydrogen) atoms. The summed E-state index contributed by atoms with van der Waals surface area (Å²) in [5.41, 5.74) is 1.20. The van der Waals surface area contributed by atoms with Gasteiger partial charge in [0, 0.05) is 46.0 Å². The number of halogens is 3. The minimum atomic E-state index is -4.69. The highest BCUT2D eigenvalue weighted by Gasteiger charge is 2.38. The average molecular weight is 430 g/mol. The average Bonchev–Trinajstić information content (AvgIpc) is 3.23. The van der Waals surface area contributed by atoms with E-state index in [0.717, 1.165) is 5.56 Å². The molecule has 2 aromatic rings. The third-order valence-corrected chi connectivity index (χ3v) is 4.31. The van der Waals surface area contributed by atoms with E-state index in [1.54, 1.807) is 48.3 Å². The molecule has 8 nitrogen and oxygen atoms in total. The maximum atomic E-state index is 12.9. The molecule has 0 radical (unpaired) electrons. The number of nitrogens with zero attached hydrogens (tertiary/aromatic N) is 4. The first-order chi connectivity index (χ1) is 14.3. The normalized spacial score (nSPS) is 11.5. The Hall–Kier alpha value is -2.66. The van der Waals surface area contributed by atoms with E-state index in [2.05, 4.69) is 14.7 Å². The minimum absolute atomic E-state index is 0.149. The summed E-state index contributed by atoms with van der Waals surface area (Å²) in [5, 5.41) is 3.37. The van der Waals surface area contributed by atoms with Crippen LogP contribution in [0.25, 0.3) is 11.4 Å². The molecule has 0 bridgehead atoms. The number of amides is 2. The molecule has 1 heterocycles. The number of hydrogen-bond donors (Lipinski definition) is 0. The zero-order valence-corrected chi connectivity index (χ0v) is 17.1. The van der Waals surface area contributed by atoms with E-state index in [0.29, 0.717) is 45.0 Å². The van der Waals surface area contributed by atoms with Gasteiger partial charge in [0.15, 0.2) is 0 Å². The standard InChI is InChI=1S/C19H25F3N4O4/c1-4-25(18(27)26(9-11-28-2)10-12-29-3)13-14-5-7-15(8-6-14)16-23-17(30-24-16)19(20,21)22/h5-8H,4,9-13H2,1-3H3. The van der Waals surface area contributed by atoms with Crippen LogP contribution in [0.3, 0.4) is 0 Å². The van der Waals surface area contributed by atoms with E-state index >= 15 is 0 Å². The number of methoxy groups -OCH3 is 2. The summed E-state index contributed by atoms with van der Waals surface area (Å²) in [5.74, 6) is -1.54. The van der Waals surface area contributed by atoms with Gasteiger partial charge in [0.25, 0.3) is 0 Å². The van der Waals surface area contributed by atoms with Crippen LogP contribution in [0, 0.1) is 0 Å². The fraction of sp³-hybridized carbons (Fsp3) is 0.526. The lowest BCUT2D eigenvalue weighted by Crippen LogP contribution is -2.45. The molecule has 0 aliphatic heterocycles. The van der Waals surface area contributed by atoms with Gasteiger partial charge < -0.3 is 23.8 Å². The summed E-state index contributed by atoms with van der Waals surface area (Å²) in [6, 6.07) is 6.45. The van der Waals surface area contributed by atoms with E-state index in [1.807, 2.05) is 6.92 Å². The SMILES string of the molecule is CCN(Cc1ccc(-c2noc(C(F)(F)F)n2)cc1)C(=O)N(CCOC)CCOC. The molecule has 0 aliphatic carbocycles. The molecule has 0 N–H and O–H groups in total. The van der Waals surface area contributed by atoms with E-state index in [9.17, 15) is 18.0 Å². The molecule has 0 spiro atoms. The molecule has 0 unspecified atom stereocenters. The van der Waals surface area contributed by atoms with Crippen molar-refractivity contribution < 1.29 is 32.0 Å². The second-order valence-corrected chi connectivity index (χ2v) is 6.39. The van der Waals surface area contributed by atoms with Gasteiger partial charge in [-0.15, -0.1) is 0 Å². The molecule has 1 aromatic carbocycles. The van der Waals surface area contributed by atoms with Crippen molar-refractivity contribution in [3.05, 3.63) is 35.7 Å². The second kappa shape index (κ2) is 10.9. The maximum absolute atomic E-state index is 12.9. The van der Waals surface area contributed by atoms with Crippen molar-refractivity contribution >= 4 is 6.03 Å². The van der Waals surface area contributed by atoms with Crippen molar-refractivity contribution in [2.45, 2.75) is 19.6 Å². The van der Waals surface area contributed by atoms with Gasteiger partial charge in [-0.3, -0.25) is 0 Å². The Kier molecular flexibility index (Phi) is 8.60. The number of ether oxygens (including phenoxy) is 2. The third-order valence-electron chi connectivity index (χ3n) is 4.31. The van der Waals surface area contributed by atoms with Crippen molar-refractivity contribution in [3.8, 4) is 11.4 Å². The van der Waals surface area contributed by atoms with Gasteiger partial charge in [0.05, 0.1) is 13.2 Å². The first-order valence-electron chi connectivity index (χ1n) is 9.32. The first-order valence-corrected chi connectivity index (χ1v) is 9.32. The maximum Gasteiger partial charge on any atom is 0.471 e. The predicted octanol–water partition coefficient (Wildman–Crippen LogP) is 3.29. The van der Waals surface area contributed by atoms with Crippen LogP contribution in [0.2, 0.25) is 0 Å². The van der Waals surface area contributed by atoms with Crippen LogP contribution in [0.15, 0.2) is 28.8 Å². The number of urea groups is 1. The monoisotopic (exact) mass is 430 g/mol. The Morgan fingerprint density at radius 1 is 1.07 bits per heavy atom. The lowest BCUT2D eigenvalue weighted by atomic mass is 10.1. The molecule has 0 atom stereocenters. The van der Waals surface area contributed by atoms with Crippen LogP contribution < -0.4 is 0 Å². The van der Waals surface area contributed by atoms with Crippen LogP contribution in [0.4, 0.5) is 18.0 Å². The van der Waals surface area contributed by atoms with E-state index in [1.165, 1.54) is 0 Å². The van der Waals surface area contributed by atoms with Gasteiger partial charge in [0.2, 0.25) is 5.82 Å². The van der Waals surface area contributed by atoms with Crippen LogP contribution in [-0.4, -0.2) is 73.0 Å². The Balaban J connectivity index is 2.07. The number of alkyl halides is 3. The molecule has 0 fully saturated rings. The highest BCUT2D eigenvalue weighted by Crippen LogP contribution is 2.29. The lowest BCUT2D eigenvalue weighted by Gasteiger charge is -2.30. The molecule has 2 amide bonds. The van der Waals surface area contributed by atoms with Crippen LogP contribution in [0.1, 0.15) is 18.4 Å². The smallest absolute Gasteiger partial charge is 0.383 e. The summed E-state index contributed by atoms with van der Waals surface area (Å²) >= 11 is 0. The number of rotatable bonds is 10. The predicted molar refractivity (Wildman–Crippen MR) is 102 cm³/mol. The van der Waals surface area contributed by atoms with Crippen molar-refractivity contribution in [1.82, 2.24) is 19.9 Å². The van der Waals surface area contributed by atoms with Crippen molar-refractivity contribution in [3.63, 3.8) is 0 Å². The van der Waals surface area contributed by atoms with Crippen LogP contribution in [-0.2, 0) is 22.2 Å².